The summed E-state index contributed by atoms with van der Waals surface area (Å²) < 4.78 is 1.37. The van der Waals surface area contributed by atoms with Crippen LogP contribution < -0.4 is 5.32 Å². The molecule has 0 spiro atoms. The third-order valence-corrected chi connectivity index (χ3v) is 2.36. The molecule has 0 saturated carbocycles. The normalized spacial score (nSPS) is 21.3. The summed E-state index contributed by atoms with van der Waals surface area (Å²) in [5.41, 5.74) is -0.126. The topological polar surface area (TPSA) is 87.4 Å². The maximum atomic E-state index is 10.8. The highest BCUT2D eigenvalue weighted by Gasteiger charge is 2.25. The lowest BCUT2D eigenvalue weighted by Gasteiger charge is -2.10. The van der Waals surface area contributed by atoms with Gasteiger partial charge in [0.1, 0.15) is 0 Å². The smallest absolute Gasteiger partial charge is 0.358 e. The fourth-order valence-corrected chi connectivity index (χ4v) is 1.69. The van der Waals surface area contributed by atoms with Gasteiger partial charge in [0.2, 0.25) is 0 Å². The number of carboxylic acid groups (broad SMARTS) is 1. The number of aromatic nitrogens is 2. The first kappa shape index (κ1) is 9.01. The number of carboxylic acids is 1. The van der Waals surface area contributed by atoms with E-state index in [4.69, 9.17) is 5.11 Å². The van der Waals surface area contributed by atoms with Gasteiger partial charge in [-0.1, -0.05) is 0 Å². The summed E-state index contributed by atoms with van der Waals surface area (Å²) in [6.45, 7) is 1.55. The first-order chi connectivity index (χ1) is 6.70. The van der Waals surface area contributed by atoms with E-state index in [1.807, 2.05) is 0 Å². The number of nitrogens with one attached hydrogen (secondary N) is 1. The Morgan fingerprint density at radius 3 is 3.07 bits per heavy atom. The molecule has 2 rings (SSSR count). The molecule has 0 bridgehead atoms. The van der Waals surface area contributed by atoms with Crippen LogP contribution >= 0.6 is 0 Å². The van der Waals surface area contributed by atoms with E-state index in [9.17, 15) is 9.90 Å². The molecule has 14 heavy (non-hydrogen) atoms. The van der Waals surface area contributed by atoms with Crippen LogP contribution in [-0.4, -0.2) is 39.1 Å². The summed E-state index contributed by atoms with van der Waals surface area (Å²) in [6.07, 6.45) is 2.00. The number of carbonyl (C=O) groups is 1. The van der Waals surface area contributed by atoms with Crippen LogP contribution in [0.2, 0.25) is 0 Å². The van der Waals surface area contributed by atoms with Gasteiger partial charge in [-0.25, -0.2) is 4.79 Å². The summed E-state index contributed by atoms with van der Waals surface area (Å²) in [4.78, 5) is 10.8. The van der Waals surface area contributed by atoms with E-state index in [1.54, 1.807) is 0 Å². The van der Waals surface area contributed by atoms with Gasteiger partial charge >= 0.3 is 5.97 Å². The van der Waals surface area contributed by atoms with Crippen molar-refractivity contribution in [2.45, 2.75) is 12.5 Å². The minimum atomic E-state index is -1.15. The Hall–Kier alpha value is -1.56. The van der Waals surface area contributed by atoms with Gasteiger partial charge in [0.15, 0.2) is 11.4 Å². The SMILES string of the molecule is O=C(O)c1c(O)cnn1C1CCNC1. The van der Waals surface area contributed by atoms with Gasteiger partial charge in [-0.15, -0.1) is 0 Å². The number of hydrogen-bond donors (Lipinski definition) is 3. The van der Waals surface area contributed by atoms with E-state index in [2.05, 4.69) is 10.4 Å². The van der Waals surface area contributed by atoms with Crippen molar-refractivity contribution >= 4 is 5.97 Å². The zero-order valence-corrected chi connectivity index (χ0v) is 7.47. The lowest BCUT2D eigenvalue weighted by molar-refractivity contribution is 0.0677. The van der Waals surface area contributed by atoms with Crippen molar-refractivity contribution in [3.8, 4) is 5.75 Å². The van der Waals surface area contributed by atoms with Crippen LogP contribution in [0, 0.1) is 0 Å². The maximum Gasteiger partial charge on any atom is 0.358 e. The molecule has 3 N–H and O–H groups in total. The summed E-state index contributed by atoms with van der Waals surface area (Å²) in [7, 11) is 0. The second-order valence-corrected chi connectivity index (χ2v) is 3.27. The second-order valence-electron chi connectivity index (χ2n) is 3.27. The van der Waals surface area contributed by atoms with Crippen molar-refractivity contribution in [1.82, 2.24) is 15.1 Å². The van der Waals surface area contributed by atoms with Crippen molar-refractivity contribution < 1.29 is 15.0 Å². The minimum Gasteiger partial charge on any atom is -0.504 e. The van der Waals surface area contributed by atoms with Gasteiger partial charge in [-0.05, 0) is 13.0 Å². The van der Waals surface area contributed by atoms with Crippen LogP contribution in [0.5, 0.6) is 5.75 Å². The van der Waals surface area contributed by atoms with Crippen molar-refractivity contribution in [1.29, 1.82) is 0 Å². The van der Waals surface area contributed by atoms with Crippen LogP contribution in [0.4, 0.5) is 0 Å². The molecule has 6 heteroatoms. The van der Waals surface area contributed by atoms with Gasteiger partial charge in [-0.3, -0.25) is 4.68 Å². The van der Waals surface area contributed by atoms with E-state index < -0.39 is 5.97 Å². The fourth-order valence-electron chi connectivity index (χ4n) is 1.69. The third kappa shape index (κ3) is 1.33. The van der Waals surface area contributed by atoms with Crippen molar-refractivity contribution in [3.05, 3.63) is 11.9 Å². The summed E-state index contributed by atoms with van der Waals surface area (Å²) >= 11 is 0. The Bertz CT molecular complexity index is 355. The summed E-state index contributed by atoms with van der Waals surface area (Å²) in [6, 6.07) is 0.0296. The number of hydrogen-bond acceptors (Lipinski definition) is 4. The standard InChI is InChI=1S/C8H11N3O3/c12-6-4-10-11(7(6)8(13)14)5-1-2-9-3-5/h4-5,9,12H,1-3H2,(H,13,14). The lowest BCUT2D eigenvalue weighted by Crippen LogP contribution is -2.18. The number of nitrogens with zero attached hydrogens (tertiary/aromatic N) is 2. The van der Waals surface area contributed by atoms with Crippen LogP contribution in [0.25, 0.3) is 0 Å². The molecule has 0 radical (unpaired) electrons. The molecule has 1 atom stereocenters. The summed E-state index contributed by atoms with van der Waals surface area (Å²) in [5, 5.41) is 25.1. The highest BCUT2D eigenvalue weighted by molar-refractivity contribution is 5.88. The van der Waals surface area contributed by atoms with Crippen LogP contribution in [0.3, 0.4) is 0 Å². The quantitative estimate of drug-likeness (QED) is 0.612. The van der Waals surface area contributed by atoms with Gasteiger partial charge in [0.05, 0.1) is 12.2 Å². The van der Waals surface area contributed by atoms with E-state index in [-0.39, 0.29) is 17.5 Å². The predicted octanol–water partition coefficient (Wildman–Crippen LogP) is -0.179. The molecule has 1 saturated heterocycles. The zero-order chi connectivity index (χ0) is 10.1. The Kier molecular flexibility index (Phi) is 2.12. The highest BCUT2D eigenvalue weighted by atomic mass is 16.4. The Balaban J connectivity index is 2.37. The Morgan fingerprint density at radius 1 is 1.71 bits per heavy atom. The molecular formula is C8H11N3O3. The van der Waals surface area contributed by atoms with Crippen molar-refractivity contribution in [3.63, 3.8) is 0 Å². The molecule has 1 aliphatic heterocycles. The third-order valence-electron chi connectivity index (χ3n) is 2.36. The van der Waals surface area contributed by atoms with Gasteiger partial charge in [0.25, 0.3) is 0 Å². The molecule has 1 unspecified atom stereocenters. The van der Waals surface area contributed by atoms with E-state index in [1.165, 1.54) is 10.9 Å². The first-order valence-corrected chi connectivity index (χ1v) is 4.40. The Labute approximate surface area is 80.2 Å². The van der Waals surface area contributed by atoms with Crippen LogP contribution in [-0.2, 0) is 0 Å². The van der Waals surface area contributed by atoms with Gasteiger partial charge in [-0.2, -0.15) is 5.10 Å². The van der Waals surface area contributed by atoms with E-state index in [0.717, 1.165) is 13.0 Å². The minimum absolute atomic E-state index is 0.0296. The Morgan fingerprint density at radius 2 is 2.50 bits per heavy atom. The molecule has 1 aromatic heterocycles. The van der Waals surface area contributed by atoms with Gasteiger partial charge in [0, 0.05) is 6.54 Å². The van der Waals surface area contributed by atoms with E-state index >= 15 is 0 Å². The lowest BCUT2D eigenvalue weighted by atomic mass is 10.2. The monoisotopic (exact) mass is 197 g/mol. The number of rotatable bonds is 2. The first-order valence-electron chi connectivity index (χ1n) is 4.40. The molecule has 6 nitrogen and oxygen atoms in total. The molecular weight excluding hydrogens is 186 g/mol. The predicted molar refractivity (Wildman–Crippen MR) is 47.4 cm³/mol. The van der Waals surface area contributed by atoms with Crippen LogP contribution in [0.1, 0.15) is 23.0 Å². The van der Waals surface area contributed by atoms with Crippen LogP contribution in [0.15, 0.2) is 6.20 Å². The molecule has 1 fully saturated rings. The molecule has 2 heterocycles. The molecule has 76 valence electrons. The summed E-state index contributed by atoms with van der Waals surface area (Å²) in [5.74, 6) is -1.42. The van der Waals surface area contributed by atoms with Gasteiger partial charge < -0.3 is 15.5 Å². The fraction of sp³-hybridized carbons (Fsp3) is 0.500. The molecule has 0 aromatic carbocycles. The molecule has 1 aromatic rings. The number of aromatic hydroxyl groups is 1. The zero-order valence-electron chi connectivity index (χ0n) is 7.47. The second kappa shape index (κ2) is 3.30. The van der Waals surface area contributed by atoms with Crippen molar-refractivity contribution in [2.24, 2.45) is 0 Å². The highest BCUT2D eigenvalue weighted by Crippen LogP contribution is 2.22. The molecule has 0 amide bonds. The van der Waals surface area contributed by atoms with E-state index in [0.29, 0.717) is 6.54 Å². The number of aromatic carboxylic acids is 1. The average Bonchev–Trinajstić information content (AvgIpc) is 2.70. The molecule has 0 aliphatic carbocycles. The largest absolute Gasteiger partial charge is 0.504 e. The van der Waals surface area contributed by atoms with Crippen molar-refractivity contribution in [2.75, 3.05) is 13.1 Å². The average molecular weight is 197 g/mol. The molecule has 1 aliphatic rings. The maximum absolute atomic E-state index is 10.8.